The zero-order chi connectivity index (χ0) is 8.49. The molecule has 0 saturated carbocycles. The van der Waals surface area contributed by atoms with Gasteiger partial charge in [-0.05, 0) is 18.9 Å². The minimum absolute atomic E-state index is 0.957. The second-order valence-electron chi connectivity index (χ2n) is 2.49. The van der Waals surface area contributed by atoms with Gasteiger partial charge in [0.2, 0.25) is 0 Å². The van der Waals surface area contributed by atoms with Crippen molar-refractivity contribution in [3.05, 3.63) is 60.8 Å². The molecule has 1 radical (unpaired) electrons. The van der Waals surface area contributed by atoms with E-state index >= 15 is 0 Å². The maximum Gasteiger partial charge on any atom is -0.0157 e. The van der Waals surface area contributed by atoms with Gasteiger partial charge in [0, 0.05) is 0 Å². The van der Waals surface area contributed by atoms with E-state index in [2.05, 4.69) is 36.5 Å². The predicted octanol–water partition coefficient (Wildman–Crippen LogP) is 3.36. The molecular weight excluding hydrogens is 144 g/mol. The molecule has 0 aromatic heterocycles. The number of hydrogen-bond donors (Lipinski definition) is 0. The molecule has 0 aromatic carbocycles. The second kappa shape index (κ2) is 6.41. The molecule has 0 aromatic rings. The van der Waals surface area contributed by atoms with E-state index in [0.29, 0.717) is 0 Å². The van der Waals surface area contributed by atoms with E-state index in [0.717, 1.165) is 12.8 Å². The van der Waals surface area contributed by atoms with Crippen LogP contribution >= 0.6 is 0 Å². The summed E-state index contributed by atoms with van der Waals surface area (Å²) in [6.07, 6.45) is 23.5. The Hall–Kier alpha value is -1.30. The van der Waals surface area contributed by atoms with Crippen LogP contribution < -0.4 is 0 Å². The Morgan fingerprint density at radius 1 is 0.750 bits per heavy atom. The van der Waals surface area contributed by atoms with E-state index in [4.69, 9.17) is 0 Å². The minimum Gasteiger partial charge on any atom is -0.0808 e. The molecule has 0 bridgehead atoms. The Bertz CT molecular complexity index is 211. The molecule has 0 heterocycles. The van der Waals surface area contributed by atoms with Crippen LogP contribution in [0.15, 0.2) is 54.7 Å². The van der Waals surface area contributed by atoms with Crippen molar-refractivity contribution in [1.29, 1.82) is 0 Å². The summed E-state index contributed by atoms with van der Waals surface area (Å²) < 4.78 is 0. The van der Waals surface area contributed by atoms with E-state index in [1.807, 2.05) is 24.3 Å². The molecule has 0 unspecified atom stereocenters. The van der Waals surface area contributed by atoms with E-state index in [-0.39, 0.29) is 0 Å². The molecule has 0 heteroatoms. The maximum atomic E-state index is 3.07. The summed E-state index contributed by atoms with van der Waals surface area (Å²) in [6.45, 7) is 0. The van der Waals surface area contributed by atoms with E-state index < -0.39 is 0 Å². The Morgan fingerprint density at radius 3 is 2.25 bits per heavy atom. The highest BCUT2D eigenvalue weighted by Crippen LogP contribution is 1.92. The fourth-order valence-electron chi connectivity index (χ4n) is 0.865. The topological polar surface area (TPSA) is 0 Å². The third-order valence-electron chi connectivity index (χ3n) is 1.47. The van der Waals surface area contributed by atoms with Crippen molar-refractivity contribution in [1.82, 2.24) is 0 Å². The first-order valence-electron chi connectivity index (χ1n) is 4.21. The minimum atomic E-state index is 0.957. The van der Waals surface area contributed by atoms with Crippen LogP contribution in [-0.4, -0.2) is 0 Å². The van der Waals surface area contributed by atoms with Gasteiger partial charge in [0.25, 0.3) is 0 Å². The SMILES string of the molecule is [C]1=CCC=CC=CCC=CC=C1. The summed E-state index contributed by atoms with van der Waals surface area (Å²) in [4.78, 5) is 0. The smallest absolute Gasteiger partial charge is 0.0157 e. The first-order valence-corrected chi connectivity index (χ1v) is 4.21. The molecule has 1 rings (SSSR count). The summed E-state index contributed by atoms with van der Waals surface area (Å²) in [6, 6.07) is 0. The molecule has 0 aliphatic heterocycles. The van der Waals surface area contributed by atoms with Crippen LogP contribution in [0.4, 0.5) is 0 Å². The summed E-state index contributed by atoms with van der Waals surface area (Å²) in [5, 5.41) is 0. The molecule has 0 atom stereocenters. The highest BCUT2D eigenvalue weighted by Gasteiger charge is 1.72. The molecule has 1 aliphatic carbocycles. The van der Waals surface area contributed by atoms with Crippen LogP contribution in [-0.2, 0) is 0 Å². The first-order chi connectivity index (χ1) is 6.00. The van der Waals surface area contributed by atoms with Crippen LogP contribution in [0.1, 0.15) is 12.8 Å². The normalized spacial score (nSPS) is 17.3. The van der Waals surface area contributed by atoms with Crippen LogP contribution in [0.25, 0.3) is 0 Å². The fraction of sp³-hybridized carbons (Fsp3) is 0.167. The van der Waals surface area contributed by atoms with Gasteiger partial charge in [0.05, 0.1) is 0 Å². The van der Waals surface area contributed by atoms with Crippen LogP contribution in [0, 0.1) is 6.08 Å². The molecule has 12 heavy (non-hydrogen) atoms. The maximum absolute atomic E-state index is 3.07. The van der Waals surface area contributed by atoms with Crippen molar-refractivity contribution in [2.45, 2.75) is 12.8 Å². The Kier molecular flexibility index (Phi) is 4.70. The standard InChI is InChI=1S/C12H13/c1-2-4-6-8-10-12-11-9-7-5-3-1/h1-4,7-9,11-12H,5-6H2. The van der Waals surface area contributed by atoms with Crippen molar-refractivity contribution < 1.29 is 0 Å². The average Bonchev–Trinajstić information content (AvgIpc) is 2.05. The van der Waals surface area contributed by atoms with E-state index in [9.17, 15) is 0 Å². The van der Waals surface area contributed by atoms with E-state index in [1.54, 1.807) is 0 Å². The second-order valence-corrected chi connectivity index (χ2v) is 2.49. The third-order valence-corrected chi connectivity index (χ3v) is 1.47. The van der Waals surface area contributed by atoms with Crippen molar-refractivity contribution in [2.75, 3.05) is 0 Å². The summed E-state index contributed by atoms with van der Waals surface area (Å²) in [5.74, 6) is 0. The van der Waals surface area contributed by atoms with E-state index in [1.165, 1.54) is 0 Å². The Labute approximate surface area is 74.3 Å². The van der Waals surface area contributed by atoms with Gasteiger partial charge in [-0.25, -0.2) is 0 Å². The van der Waals surface area contributed by atoms with Crippen molar-refractivity contribution >= 4 is 0 Å². The molecule has 61 valence electrons. The molecule has 0 saturated heterocycles. The first kappa shape index (κ1) is 8.79. The number of rotatable bonds is 0. The van der Waals surface area contributed by atoms with Crippen molar-refractivity contribution in [3.63, 3.8) is 0 Å². The molecule has 1 aliphatic rings. The molecule has 0 amide bonds. The summed E-state index contributed by atoms with van der Waals surface area (Å²) in [7, 11) is 0. The predicted molar refractivity (Wildman–Crippen MR) is 53.6 cm³/mol. The van der Waals surface area contributed by atoms with Crippen LogP contribution in [0.3, 0.4) is 0 Å². The van der Waals surface area contributed by atoms with Gasteiger partial charge in [-0.1, -0.05) is 54.7 Å². The molecule has 0 spiro atoms. The molecule has 0 fully saturated rings. The number of hydrogen-bond acceptors (Lipinski definition) is 0. The monoisotopic (exact) mass is 157 g/mol. The zero-order valence-electron chi connectivity index (χ0n) is 7.11. The lowest BCUT2D eigenvalue weighted by atomic mass is 10.2. The van der Waals surface area contributed by atoms with Crippen molar-refractivity contribution in [2.24, 2.45) is 0 Å². The van der Waals surface area contributed by atoms with Gasteiger partial charge in [-0.3, -0.25) is 0 Å². The lowest BCUT2D eigenvalue weighted by Crippen LogP contribution is -1.62. The third kappa shape index (κ3) is 4.51. The van der Waals surface area contributed by atoms with Gasteiger partial charge in [-0.2, -0.15) is 0 Å². The quantitative estimate of drug-likeness (QED) is 0.505. The summed E-state index contributed by atoms with van der Waals surface area (Å²) >= 11 is 0. The molecule has 0 N–H and O–H groups in total. The number of allylic oxidation sites excluding steroid dienone is 10. The lowest BCUT2D eigenvalue weighted by molar-refractivity contribution is 1.36. The fourth-order valence-corrected chi connectivity index (χ4v) is 0.865. The van der Waals surface area contributed by atoms with Gasteiger partial charge < -0.3 is 0 Å². The Morgan fingerprint density at radius 2 is 1.42 bits per heavy atom. The van der Waals surface area contributed by atoms with Gasteiger partial charge in [0.1, 0.15) is 0 Å². The van der Waals surface area contributed by atoms with Gasteiger partial charge >= 0.3 is 0 Å². The van der Waals surface area contributed by atoms with Gasteiger partial charge in [0.15, 0.2) is 0 Å². The van der Waals surface area contributed by atoms with Gasteiger partial charge in [-0.15, -0.1) is 0 Å². The average molecular weight is 157 g/mol. The van der Waals surface area contributed by atoms with Crippen LogP contribution in [0.5, 0.6) is 0 Å². The molecular formula is C12H13. The largest absolute Gasteiger partial charge is 0.0808 e. The zero-order valence-corrected chi connectivity index (χ0v) is 7.11. The highest BCUT2D eigenvalue weighted by molar-refractivity contribution is 5.12. The highest BCUT2D eigenvalue weighted by atomic mass is 13.8. The summed E-state index contributed by atoms with van der Waals surface area (Å²) in [5.41, 5.74) is 0. The molecule has 0 nitrogen and oxygen atoms in total. The lowest BCUT2D eigenvalue weighted by Gasteiger charge is -1.82. The van der Waals surface area contributed by atoms with Crippen molar-refractivity contribution in [3.8, 4) is 0 Å². The van der Waals surface area contributed by atoms with Crippen LogP contribution in [0.2, 0.25) is 0 Å². The Balaban J connectivity index is 2.55.